The highest BCUT2D eigenvalue weighted by Gasteiger charge is 2.19. The maximum absolute atomic E-state index is 12.0. The van der Waals surface area contributed by atoms with Crippen LogP contribution in [0, 0.1) is 0 Å². The van der Waals surface area contributed by atoms with Gasteiger partial charge in [0.25, 0.3) is 0 Å². The van der Waals surface area contributed by atoms with Crippen LogP contribution < -0.4 is 15.1 Å². The molecule has 1 fully saturated rings. The zero-order valence-corrected chi connectivity index (χ0v) is 14.9. The summed E-state index contributed by atoms with van der Waals surface area (Å²) in [5.41, 5.74) is 0.600. The largest absolute Gasteiger partial charge is 0.353 e. The summed E-state index contributed by atoms with van der Waals surface area (Å²) in [7, 11) is 0. The van der Waals surface area contributed by atoms with Crippen LogP contribution in [0.2, 0.25) is 0 Å². The molecule has 0 aromatic carbocycles. The zero-order valence-electron chi connectivity index (χ0n) is 14.9. The van der Waals surface area contributed by atoms with Crippen molar-refractivity contribution in [1.29, 1.82) is 0 Å². The first-order chi connectivity index (χ1) is 13.3. The van der Waals surface area contributed by atoms with Gasteiger partial charge in [0, 0.05) is 44.8 Å². The Bertz CT molecular complexity index is 857. The van der Waals surface area contributed by atoms with Crippen LogP contribution in [-0.2, 0) is 11.3 Å². The summed E-state index contributed by atoms with van der Waals surface area (Å²) in [6.45, 7) is 3.67. The van der Waals surface area contributed by atoms with E-state index >= 15 is 0 Å². The number of pyridine rings is 1. The molecule has 3 aromatic heterocycles. The summed E-state index contributed by atoms with van der Waals surface area (Å²) in [5, 5.41) is 2.82. The standard InChI is InChI=1S/C19H21N7O/c27-18(15-24-7-3-4-8-24)23-16-13-21-19(22-14-16)26-11-9-25(10-12-26)17-5-1-2-6-20-17/h1-8,13-14H,9-12,15H2,(H,23,27). The molecule has 0 atom stereocenters. The molecule has 1 N–H and O–H groups in total. The van der Waals surface area contributed by atoms with E-state index in [-0.39, 0.29) is 12.5 Å². The first kappa shape index (κ1) is 17.0. The van der Waals surface area contributed by atoms with Gasteiger partial charge >= 0.3 is 0 Å². The van der Waals surface area contributed by atoms with Gasteiger partial charge in [0.1, 0.15) is 12.4 Å². The van der Waals surface area contributed by atoms with Crippen LogP contribution in [0.15, 0.2) is 61.3 Å². The van der Waals surface area contributed by atoms with Crippen molar-refractivity contribution in [3.63, 3.8) is 0 Å². The molecule has 1 aliphatic rings. The molecular weight excluding hydrogens is 342 g/mol. The molecule has 0 radical (unpaired) electrons. The Balaban J connectivity index is 1.31. The molecule has 3 aromatic rings. The minimum atomic E-state index is -0.105. The van der Waals surface area contributed by atoms with Crippen molar-refractivity contribution in [3.8, 4) is 0 Å². The molecule has 0 unspecified atom stereocenters. The molecule has 4 rings (SSSR count). The Morgan fingerprint density at radius 2 is 1.63 bits per heavy atom. The first-order valence-electron chi connectivity index (χ1n) is 8.91. The highest BCUT2D eigenvalue weighted by Crippen LogP contribution is 2.16. The third-order valence-electron chi connectivity index (χ3n) is 4.45. The second kappa shape index (κ2) is 7.86. The molecule has 0 aliphatic carbocycles. The van der Waals surface area contributed by atoms with Crippen molar-refractivity contribution in [2.45, 2.75) is 6.54 Å². The van der Waals surface area contributed by atoms with Crippen LogP contribution in [0.1, 0.15) is 0 Å². The summed E-state index contributed by atoms with van der Waals surface area (Å²) in [4.78, 5) is 29.6. The fraction of sp³-hybridized carbons (Fsp3) is 0.263. The Morgan fingerprint density at radius 1 is 0.926 bits per heavy atom. The van der Waals surface area contributed by atoms with E-state index in [1.165, 1.54) is 0 Å². The summed E-state index contributed by atoms with van der Waals surface area (Å²) in [6, 6.07) is 9.72. The molecule has 1 saturated heterocycles. The van der Waals surface area contributed by atoms with Gasteiger partial charge in [-0.25, -0.2) is 15.0 Å². The minimum absolute atomic E-state index is 0.105. The normalized spacial score (nSPS) is 14.2. The van der Waals surface area contributed by atoms with Crippen molar-refractivity contribution < 1.29 is 4.79 Å². The second-order valence-electron chi connectivity index (χ2n) is 6.34. The van der Waals surface area contributed by atoms with Crippen LogP contribution in [0.4, 0.5) is 17.5 Å². The van der Waals surface area contributed by atoms with E-state index in [0.29, 0.717) is 11.6 Å². The van der Waals surface area contributed by atoms with Gasteiger partial charge in [-0.3, -0.25) is 4.79 Å². The Labute approximate surface area is 157 Å². The van der Waals surface area contributed by atoms with E-state index in [0.717, 1.165) is 32.0 Å². The molecule has 4 heterocycles. The van der Waals surface area contributed by atoms with Crippen LogP contribution in [0.3, 0.4) is 0 Å². The lowest BCUT2D eigenvalue weighted by atomic mass is 10.3. The van der Waals surface area contributed by atoms with Gasteiger partial charge in [-0.2, -0.15) is 0 Å². The fourth-order valence-corrected chi connectivity index (χ4v) is 3.07. The summed E-state index contributed by atoms with van der Waals surface area (Å²) in [6.07, 6.45) is 8.82. The van der Waals surface area contributed by atoms with Gasteiger partial charge in [-0.15, -0.1) is 0 Å². The first-order valence-corrected chi connectivity index (χ1v) is 8.91. The van der Waals surface area contributed by atoms with Gasteiger partial charge in [-0.05, 0) is 24.3 Å². The highest BCUT2D eigenvalue weighted by molar-refractivity contribution is 5.90. The van der Waals surface area contributed by atoms with Crippen LogP contribution in [0.25, 0.3) is 0 Å². The van der Waals surface area contributed by atoms with Gasteiger partial charge < -0.3 is 19.7 Å². The topological polar surface area (TPSA) is 79.2 Å². The number of amides is 1. The lowest BCUT2D eigenvalue weighted by molar-refractivity contribution is -0.116. The summed E-state index contributed by atoms with van der Waals surface area (Å²) < 4.78 is 1.81. The number of nitrogens with one attached hydrogen (secondary N) is 1. The molecule has 8 heteroatoms. The Hall–Kier alpha value is -3.42. The minimum Gasteiger partial charge on any atom is -0.353 e. The molecule has 1 aliphatic heterocycles. The molecular formula is C19H21N7O. The Kier molecular flexibility index (Phi) is 4.95. The summed E-state index contributed by atoms with van der Waals surface area (Å²) in [5.74, 6) is 1.57. The maximum Gasteiger partial charge on any atom is 0.244 e. The molecule has 138 valence electrons. The third kappa shape index (κ3) is 4.22. The molecule has 0 bridgehead atoms. The van der Waals surface area contributed by atoms with E-state index in [1.807, 2.05) is 53.5 Å². The summed E-state index contributed by atoms with van der Waals surface area (Å²) >= 11 is 0. The number of anilines is 3. The van der Waals surface area contributed by atoms with E-state index in [4.69, 9.17) is 0 Å². The molecule has 0 saturated carbocycles. The number of aromatic nitrogens is 4. The number of nitrogens with zero attached hydrogens (tertiary/aromatic N) is 6. The smallest absolute Gasteiger partial charge is 0.244 e. The third-order valence-corrected chi connectivity index (χ3v) is 4.45. The molecule has 27 heavy (non-hydrogen) atoms. The molecule has 8 nitrogen and oxygen atoms in total. The van der Waals surface area contributed by atoms with Crippen molar-refractivity contribution in [3.05, 3.63) is 61.3 Å². The predicted octanol–water partition coefficient (Wildman–Crippen LogP) is 1.64. The van der Waals surface area contributed by atoms with Gasteiger partial charge in [0.05, 0.1) is 18.1 Å². The number of rotatable bonds is 5. The van der Waals surface area contributed by atoms with Gasteiger partial charge in [0.15, 0.2) is 0 Å². The number of piperazine rings is 1. The number of hydrogen-bond acceptors (Lipinski definition) is 6. The van der Waals surface area contributed by atoms with Crippen LogP contribution >= 0.6 is 0 Å². The Morgan fingerprint density at radius 3 is 2.30 bits per heavy atom. The van der Waals surface area contributed by atoms with E-state index in [9.17, 15) is 4.79 Å². The van der Waals surface area contributed by atoms with Crippen molar-refractivity contribution >= 4 is 23.4 Å². The van der Waals surface area contributed by atoms with Crippen LogP contribution in [0.5, 0.6) is 0 Å². The maximum atomic E-state index is 12.0. The lowest BCUT2D eigenvalue weighted by Gasteiger charge is -2.35. The average molecular weight is 363 g/mol. The average Bonchev–Trinajstić information content (AvgIpc) is 3.22. The molecule has 1 amide bonds. The van der Waals surface area contributed by atoms with Crippen LogP contribution in [-0.4, -0.2) is 51.6 Å². The quantitative estimate of drug-likeness (QED) is 0.742. The van der Waals surface area contributed by atoms with Crippen molar-refractivity contribution in [1.82, 2.24) is 19.5 Å². The monoisotopic (exact) mass is 363 g/mol. The second-order valence-corrected chi connectivity index (χ2v) is 6.34. The predicted molar refractivity (Wildman–Crippen MR) is 104 cm³/mol. The number of carbonyl (C=O) groups excluding carboxylic acids is 1. The molecule has 0 spiro atoms. The SMILES string of the molecule is O=C(Cn1cccc1)Nc1cnc(N2CCN(c3ccccn3)CC2)nc1. The van der Waals surface area contributed by atoms with E-state index in [2.05, 4.69) is 30.1 Å². The lowest BCUT2D eigenvalue weighted by Crippen LogP contribution is -2.47. The van der Waals surface area contributed by atoms with Gasteiger partial charge in [-0.1, -0.05) is 6.07 Å². The van der Waals surface area contributed by atoms with Crippen molar-refractivity contribution in [2.24, 2.45) is 0 Å². The number of carbonyl (C=O) groups is 1. The van der Waals surface area contributed by atoms with E-state index in [1.54, 1.807) is 12.4 Å². The highest BCUT2D eigenvalue weighted by atomic mass is 16.1. The number of hydrogen-bond donors (Lipinski definition) is 1. The van der Waals surface area contributed by atoms with E-state index < -0.39 is 0 Å². The van der Waals surface area contributed by atoms with Gasteiger partial charge in [0.2, 0.25) is 11.9 Å². The fourth-order valence-electron chi connectivity index (χ4n) is 3.07. The van der Waals surface area contributed by atoms with Crippen molar-refractivity contribution in [2.75, 3.05) is 41.3 Å². The zero-order chi connectivity index (χ0) is 18.5.